The molecule has 2 aromatic heterocycles. The second kappa shape index (κ2) is 8.74. The lowest BCUT2D eigenvalue weighted by atomic mass is 10.0. The van der Waals surface area contributed by atoms with E-state index in [1.165, 1.54) is 6.92 Å². The number of halogens is 2. The van der Waals surface area contributed by atoms with E-state index in [-0.39, 0.29) is 41.5 Å². The van der Waals surface area contributed by atoms with Gasteiger partial charge in [-0.1, -0.05) is 13.0 Å². The molecule has 1 N–H and O–H groups in total. The van der Waals surface area contributed by atoms with Crippen LogP contribution in [0.3, 0.4) is 0 Å². The van der Waals surface area contributed by atoms with Crippen LogP contribution in [0.25, 0.3) is 22.0 Å². The molecule has 1 aliphatic heterocycles. The molecule has 2 amide bonds. The summed E-state index contributed by atoms with van der Waals surface area (Å²) in [6.45, 7) is 5.72. The molecule has 0 unspecified atom stereocenters. The summed E-state index contributed by atoms with van der Waals surface area (Å²) in [5.74, 6) is 0.138. The third-order valence-electron chi connectivity index (χ3n) is 8.19. The number of ketones is 1. The molecule has 3 aromatic rings. The molecule has 198 valence electrons. The number of amides is 2. The molecule has 2 aliphatic carbocycles. The van der Waals surface area contributed by atoms with Crippen molar-refractivity contribution in [3.8, 4) is 11.1 Å². The second-order valence-electron chi connectivity index (χ2n) is 11.1. The molecule has 38 heavy (non-hydrogen) atoms. The highest BCUT2D eigenvalue weighted by Gasteiger charge is 2.64. The van der Waals surface area contributed by atoms with Crippen LogP contribution in [0.1, 0.15) is 49.4 Å². The lowest BCUT2D eigenvalue weighted by Crippen LogP contribution is -2.49. The van der Waals surface area contributed by atoms with Gasteiger partial charge in [-0.05, 0) is 49.3 Å². The minimum atomic E-state index is -0.769. The number of hydrogen-bond donors (Lipinski definition) is 1. The lowest BCUT2D eigenvalue weighted by molar-refractivity contribution is -0.140. The maximum atomic E-state index is 13.6. The molecular formula is C27H28Cl2N6O3. The highest BCUT2D eigenvalue weighted by molar-refractivity contribution is 6.50. The van der Waals surface area contributed by atoms with E-state index in [1.807, 2.05) is 25.1 Å². The number of hydrogen-bond acceptors (Lipinski definition) is 6. The molecule has 3 aliphatic rings. The molecule has 0 radical (unpaired) electrons. The van der Waals surface area contributed by atoms with Gasteiger partial charge in [0.2, 0.25) is 11.8 Å². The van der Waals surface area contributed by atoms with Gasteiger partial charge >= 0.3 is 0 Å². The summed E-state index contributed by atoms with van der Waals surface area (Å²) in [6, 6.07) is 5.11. The average Bonchev–Trinajstić information content (AvgIpc) is 3.60. The van der Waals surface area contributed by atoms with Crippen LogP contribution in [0.4, 0.5) is 0 Å². The summed E-state index contributed by atoms with van der Waals surface area (Å²) < 4.78 is 0.796. The van der Waals surface area contributed by atoms with E-state index in [4.69, 9.17) is 23.2 Å². The van der Waals surface area contributed by atoms with E-state index < -0.39 is 10.4 Å². The fraction of sp³-hybridized carbons (Fsp3) is 0.481. The van der Waals surface area contributed by atoms with Crippen molar-refractivity contribution in [1.29, 1.82) is 0 Å². The number of likely N-dealkylation sites (tertiary alicyclic amines) is 1. The third-order valence-corrected chi connectivity index (χ3v) is 9.11. The van der Waals surface area contributed by atoms with Crippen molar-refractivity contribution >= 4 is 51.7 Å². The number of benzene rings is 1. The molecule has 11 heteroatoms. The van der Waals surface area contributed by atoms with E-state index in [1.54, 1.807) is 22.0 Å². The maximum absolute atomic E-state index is 13.6. The molecule has 0 bridgehead atoms. The number of aromatic nitrogens is 4. The van der Waals surface area contributed by atoms with Gasteiger partial charge in [-0.25, -0.2) is 9.97 Å². The van der Waals surface area contributed by atoms with Gasteiger partial charge in [0.15, 0.2) is 5.78 Å². The molecular weight excluding hydrogens is 527 g/mol. The van der Waals surface area contributed by atoms with E-state index in [9.17, 15) is 14.4 Å². The Labute approximate surface area is 229 Å². The molecule has 0 spiro atoms. The van der Waals surface area contributed by atoms with Crippen molar-refractivity contribution in [3.63, 3.8) is 0 Å². The van der Waals surface area contributed by atoms with E-state index in [2.05, 4.69) is 27.3 Å². The van der Waals surface area contributed by atoms with Gasteiger partial charge in [0.25, 0.3) is 0 Å². The molecule has 3 fully saturated rings. The lowest BCUT2D eigenvalue weighted by Gasteiger charge is -2.27. The Balaban J connectivity index is 1.25. The first kappa shape index (κ1) is 25.2. The zero-order valence-electron chi connectivity index (χ0n) is 21.4. The Morgan fingerprint density at radius 1 is 1.11 bits per heavy atom. The predicted molar refractivity (Wildman–Crippen MR) is 143 cm³/mol. The van der Waals surface area contributed by atoms with Crippen molar-refractivity contribution in [2.24, 2.45) is 11.3 Å². The van der Waals surface area contributed by atoms with Crippen molar-refractivity contribution in [2.75, 3.05) is 6.54 Å². The Morgan fingerprint density at radius 3 is 2.47 bits per heavy atom. The number of rotatable bonds is 7. The van der Waals surface area contributed by atoms with Crippen LogP contribution in [-0.2, 0) is 16.1 Å². The van der Waals surface area contributed by atoms with E-state index in [0.717, 1.165) is 17.5 Å². The number of carbonyl (C=O) groups excluding carboxylic acids is 3. The minimum absolute atomic E-state index is 0.0223. The van der Waals surface area contributed by atoms with Crippen molar-refractivity contribution < 1.29 is 14.4 Å². The first-order valence-corrected chi connectivity index (χ1v) is 13.5. The van der Waals surface area contributed by atoms with Crippen molar-refractivity contribution in [3.05, 3.63) is 42.1 Å². The second-order valence-corrected chi connectivity index (χ2v) is 12.7. The first-order valence-electron chi connectivity index (χ1n) is 12.7. The van der Waals surface area contributed by atoms with Gasteiger partial charge in [0, 0.05) is 48.8 Å². The molecule has 1 saturated heterocycles. The number of nitrogens with zero attached hydrogens (tertiary/aromatic N) is 5. The highest BCUT2D eigenvalue weighted by Crippen LogP contribution is 2.59. The SMILES string of the molecule is CC(=O)c1nn(CC(=O)N2[C@H](C(=O)NC[C@H]3CC3(Cl)Cl)C[C@@]3(C)C[C@@H]23)c2ccc(-c3cnc(C)nc3)cc12. The minimum Gasteiger partial charge on any atom is -0.354 e. The van der Waals surface area contributed by atoms with Gasteiger partial charge in [0.05, 0.1) is 5.52 Å². The number of nitrogens with one attached hydrogen (secondary N) is 1. The van der Waals surface area contributed by atoms with Crippen molar-refractivity contribution in [2.45, 2.75) is 63.0 Å². The van der Waals surface area contributed by atoms with Crippen LogP contribution in [0.5, 0.6) is 0 Å². The smallest absolute Gasteiger partial charge is 0.245 e. The van der Waals surface area contributed by atoms with Crippen LogP contribution in [0.2, 0.25) is 0 Å². The molecule has 9 nitrogen and oxygen atoms in total. The zero-order valence-corrected chi connectivity index (χ0v) is 22.9. The summed E-state index contributed by atoms with van der Waals surface area (Å²) in [7, 11) is 0. The van der Waals surface area contributed by atoms with Gasteiger partial charge in [-0.3, -0.25) is 19.1 Å². The van der Waals surface area contributed by atoms with Crippen LogP contribution < -0.4 is 5.32 Å². The average molecular weight is 555 g/mol. The first-order chi connectivity index (χ1) is 18.0. The summed E-state index contributed by atoms with van der Waals surface area (Å²) in [5, 5.41) is 8.12. The van der Waals surface area contributed by atoms with Gasteiger partial charge in [-0.15, -0.1) is 23.2 Å². The van der Waals surface area contributed by atoms with Crippen LogP contribution in [0.15, 0.2) is 30.6 Å². The number of alkyl halides is 2. The highest BCUT2D eigenvalue weighted by atomic mass is 35.5. The van der Waals surface area contributed by atoms with Crippen LogP contribution in [-0.4, -0.2) is 65.2 Å². The van der Waals surface area contributed by atoms with Crippen LogP contribution in [0, 0.1) is 18.3 Å². The van der Waals surface area contributed by atoms with E-state index in [0.29, 0.717) is 41.8 Å². The monoisotopic (exact) mass is 554 g/mol. The molecule has 1 aromatic carbocycles. The summed E-state index contributed by atoms with van der Waals surface area (Å²) in [6.07, 6.45) is 5.61. The standard InChI is InChI=1S/C27H28Cl2N6O3/c1-14(36)24-19-6-16(17-10-30-15(2)31-11-17)4-5-20(19)34(33-24)13-23(37)35-21(8-26(3)9-22(26)35)25(38)32-12-18-7-27(18,28)29/h4-6,10-11,18,21-22H,7-9,12-13H2,1-3H3,(H,32,38)/t18-,21+,22-,26+/m1/s1. The number of carbonyl (C=O) groups is 3. The summed E-state index contributed by atoms with van der Waals surface area (Å²) in [4.78, 5) is 49.4. The molecule has 6 rings (SSSR count). The van der Waals surface area contributed by atoms with Crippen LogP contribution >= 0.6 is 23.2 Å². The quantitative estimate of drug-likeness (QED) is 0.352. The zero-order chi connectivity index (χ0) is 27.0. The topological polar surface area (TPSA) is 110 Å². The number of piperidine rings is 1. The summed E-state index contributed by atoms with van der Waals surface area (Å²) >= 11 is 12.2. The van der Waals surface area contributed by atoms with Gasteiger partial charge in [0.1, 0.15) is 28.4 Å². The maximum Gasteiger partial charge on any atom is 0.245 e. The fourth-order valence-corrected chi connectivity index (χ4v) is 6.21. The Morgan fingerprint density at radius 2 is 1.82 bits per heavy atom. The van der Waals surface area contributed by atoms with Crippen molar-refractivity contribution in [1.82, 2.24) is 30.0 Å². The van der Waals surface area contributed by atoms with Gasteiger partial charge in [-0.2, -0.15) is 5.10 Å². The molecule has 2 saturated carbocycles. The Hall–Kier alpha value is -3.04. The Bertz CT molecular complexity index is 1490. The number of fused-ring (bicyclic) bond motifs is 2. The third kappa shape index (κ3) is 4.35. The number of aryl methyl sites for hydroxylation is 1. The largest absolute Gasteiger partial charge is 0.354 e. The number of Topliss-reactive ketones (excluding diaryl/α,β-unsaturated/α-hetero) is 1. The Kier molecular flexibility index (Phi) is 5.81. The van der Waals surface area contributed by atoms with E-state index >= 15 is 0 Å². The molecule has 4 atom stereocenters. The fourth-order valence-electron chi connectivity index (χ4n) is 5.68. The molecule has 3 heterocycles. The normalized spacial score (nSPS) is 26.8. The summed E-state index contributed by atoms with van der Waals surface area (Å²) in [5.41, 5.74) is 2.59. The predicted octanol–water partition coefficient (Wildman–Crippen LogP) is 3.69. The van der Waals surface area contributed by atoms with Gasteiger partial charge < -0.3 is 10.2 Å².